The van der Waals surface area contributed by atoms with Crippen molar-refractivity contribution >= 4 is 52.5 Å². The molecule has 2 aliphatic rings. The van der Waals surface area contributed by atoms with Crippen molar-refractivity contribution in [2.24, 2.45) is 5.92 Å². The molecule has 2 heterocycles. The Hall–Kier alpha value is -4.61. The average Bonchev–Trinajstić information content (AvgIpc) is 3.33. The van der Waals surface area contributed by atoms with E-state index in [1.807, 2.05) is 4.90 Å². The SMILES string of the molecule is CCOC(=O)c1ccc(N2C(=O)[C@H](CC(=O)Nc3ccc(C(=O)OC)cc3)N(CCCN3CCC(Cc4ccccc4)CC3)C2=S)cc1. The number of hydrogen-bond acceptors (Lipinski definition) is 8. The zero-order chi connectivity index (χ0) is 34.0. The van der Waals surface area contributed by atoms with Crippen LogP contribution in [0.5, 0.6) is 0 Å². The molecular formula is C37H42N4O6S. The van der Waals surface area contributed by atoms with Crippen molar-refractivity contribution < 1.29 is 28.7 Å². The minimum Gasteiger partial charge on any atom is -0.465 e. The fraction of sp³-hybridized carbons (Fsp3) is 0.378. The quantitative estimate of drug-likeness (QED) is 0.191. The zero-order valence-corrected chi connectivity index (χ0v) is 28.2. The molecule has 0 aromatic heterocycles. The van der Waals surface area contributed by atoms with Crippen molar-refractivity contribution in [3.63, 3.8) is 0 Å². The van der Waals surface area contributed by atoms with E-state index in [1.165, 1.54) is 17.6 Å². The van der Waals surface area contributed by atoms with Gasteiger partial charge in [0.2, 0.25) is 5.91 Å². The zero-order valence-electron chi connectivity index (χ0n) is 27.4. The first-order valence-corrected chi connectivity index (χ1v) is 16.8. The summed E-state index contributed by atoms with van der Waals surface area (Å²) in [5.74, 6) is -0.899. The number of piperidine rings is 1. The number of hydrogen-bond donors (Lipinski definition) is 1. The van der Waals surface area contributed by atoms with Gasteiger partial charge in [-0.2, -0.15) is 0 Å². The highest BCUT2D eigenvalue weighted by Crippen LogP contribution is 2.29. The summed E-state index contributed by atoms with van der Waals surface area (Å²) in [5.41, 5.74) is 3.13. The van der Waals surface area contributed by atoms with Gasteiger partial charge in [-0.3, -0.25) is 14.5 Å². The van der Waals surface area contributed by atoms with Crippen LogP contribution in [0.15, 0.2) is 78.9 Å². The molecule has 2 amide bonds. The van der Waals surface area contributed by atoms with Crippen molar-refractivity contribution in [1.29, 1.82) is 0 Å². The number of thiocarbonyl (C=S) groups is 1. The highest BCUT2D eigenvalue weighted by atomic mass is 32.1. The molecule has 0 aliphatic carbocycles. The number of methoxy groups -OCH3 is 1. The number of ether oxygens (including phenoxy) is 2. The van der Waals surface area contributed by atoms with Gasteiger partial charge in [0, 0.05) is 12.2 Å². The van der Waals surface area contributed by atoms with E-state index in [-0.39, 0.29) is 24.8 Å². The van der Waals surface area contributed by atoms with Gasteiger partial charge in [-0.05, 0) is 124 Å². The Balaban J connectivity index is 1.23. The molecule has 48 heavy (non-hydrogen) atoms. The van der Waals surface area contributed by atoms with E-state index < -0.39 is 18.0 Å². The van der Waals surface area contributed by atoms with E-state index in [9.17, 15) is 19.2 Å². The Labute approximate surface area is 287 Å². The van der Waals surface area contributed by atoms with Crippen LogP contribution in [0.3, 0.4) is 0 Å². The maximum atomic E-state index is 13.9. The van der Waals surface area contributed by atoms with Crippen molar-refractivity contribution in [1.82, 2.24) is 9.80 Å². The molecule has 0 saturated carbocycles. The number of carbonyl (C=O) groups excluding carboxylic acids is 4. The largest absolute Gasteiger partial charge is 0.465 e. The van der Waals surface area contributed by atoms with Gasteiger partial charge in [-0.15, -0.1) is 0 Å². The molecule has 5 rings (SSSR count). The Kier molecular flexibility index (Phi) is 11.9. The monoisotopic (exact) mass is 670 g/mol. The van der Waals surface area contributed by atoms with E-state index in [0.29, 0.717) is 40.1 Å². The van der Waals surface area contributed by atoms with E-state index in [4.69, 9.17) is 21.7 Å². The predicted octanol–water partition coefficient (Wildman–Crippen LogP) is 5.33. The third kappa shape index (κ3) is 8.64. The van der Waals surface area contributed by atoms with Crippen LogP contribution in [-0.4, -0.2) is 84.6 Å². The molecule has 11 heteroatoms. The molecule has 252 valence electrons. The number of esters is 2. The minimum absolute atomic E-state index is 0.111. The predicted molar refractivity (Wildman–Crippen MR) is 188 cm³/mol. The normalized spacial score (nSPS) is 17.0. The van der Waals surface area contributed by atoms with E-state index in [1.54, 1.807) is 55.5 Å². The number of nitrogens with zero attached hydrogens (tertiary/aromatic N) is 3. The number of likely N-dealkylation sites (tertiary alicyclic amines) is 1. The molecule has 3 aromatic carbocycles. The van der Waals surface area contributed by atoms with E-state index >= 15 is 0 Å². The Morgan fingerprint density at radius 3 is 2.17 bits per heavy atom. The maximum absolute atomic E-state index is 13.9. The molecule has 2 aliphatic heterocycles. The number of nitrogens with one attached hydrogen (secondary N) is 1. The number of amides is 2. The molecule has 3 aromatic rings. The van der Waals surface area contributed by atoms with Crippen LogP contribution in [0, 0.1) is 5.92 Å². The first-order valence-electron chi connectivity index (χ1n) is 16.4. The number of carbonyl (C=O) groups is 4. The van der Waals surface area contributed by atoms with Crippen LogP contribution in [0.25, 0.3) is 0 Å². The van der Waals surface area contributed by atoms with Crippen LogP contribution in [-0.2, 0) is 25.5 Å². The molecule has 2 saturated heterocycles. The van der Waals surface area contributed by atoms with Crippen LogP contribution < -0.4 is 10.2 Å². The molecule has 10 nitrogen and oxygen atoms in total. The van der Waals surface area contributed by atoms with Gasteiger partial charge in [0.1, 0.15) is 6.04 Å². The molecule has 1 N–H and O–H groups in total. The summed E-state index contributed by atoms with van der Waals surface area (Å²) in [4.78, 5) is 56.9. The van der Waals surface area contributed by atoms with Gasteiger partial charge in [0.05, 0.1) is 37.0 Å². The van der Waals surface area contributed by atoms with Gasteiger partial charge in [0.15, 0.2) is 5.11 Å². The van der Waals surface area contributed by atoms with Crippen LogP contribution in [0.1, 0.15) is 58.9 Å². The minimum atomic E-state index is -0.798. The molecule has 0 unspecified atom stereocenters. The lowest BCUT2D eigenvalue weighted by molar-refractivity contribution is -0.124. The second kappa shape index (κ2) is 16.5. The summed E-state index contributed by atoms with van der Waals surface area (Å²) in [6.07, 6.45) is 4.07. The lowest BCUT2D eigenvalue weighted by Gasteiger charge is -2.33. The standard InChI is InChI=1S/C37H42N4O6S/c1-3-47-36(45)29-12-16-31(17-13-29)41-34(43)32(25-33(42)38-30-14-10-28(11-15-30)35(44)46-2)40(37(41)48)21-7-20-39-22-18-27(19-23-39)24-26-8-5-4-6-9-26/h4-6,8-17,27,32H,3,7,18-25H2,1-2H3,(H,38,42)/t32-/m0/s1. The highest BCUT2D eigenvalue weighted by Gasteiger charge is 2.44. The van der Waals surface area contributed by atoms with Gasteiger partial charge in [-0.1, -0.05) is 30.3 Å². The van der Waals surface area contributed by atoms with Crippen molar-refractivity contribution in [2.75, 3.05) is 50.1 Å². The maximum Gasteiger partial charge on any atom is 0.338 e. The fourth-order valence-electron chi connectivity index (χ4n) is 6.31. The third-order valence-corrected chi connectivity index (χ3v) is 9.29. The Morgan fingerprint density at radius 1 is 0.875 bits per heavy atom. The number of anilines is 2. The van der Waals surface area contributed by atoms with Crippen LogP contribution in [0.4, 0.5) is 11.4 Å². The third-order valence-electron chi connectivity index (χ3n) is 8.87. The van der Waals surface area contributed by atoms with Crippen LogP contribution >= 0.6 is 12.2 Å². The molecule has 2 fully saturated rings. The summed E-state index contributed by atoms with van der Waals surface area (Å²) in [6, 6.07) is 22.7. The molecule has 1 atom stereocenters. The number of benzene rings is 3. The second-order valence-corrected chi connectivity index (χ2v) is 12.4. The topological polar surface area (TPSA) is 108 Å². The van der Waals surface area contributed by atoms with Crippen molar-refractivity contribution in [2.45, 2.75) is 45.1 Å². The first kappa shape index (κ1) is 34.7. The second-order valence-electron chi connectivity index (χ2n) is 12.1. The van der Waals surface area contributed by atoms with Gasteiger partial charge < -0.3 is 24.6 Å². The first-order chi connectivity index (χ1) is 23.3. The fourth-order valence-corrected chi connectivity index (χ4v) is 6.72. The van der Waals surface area contributed by atoms with E-state index in [2.05, 4.69) is 40.5 Å². The lowest BCUT2D eigenvalue weighted by Crippen LogP contribution is -2.40. The summed E-state index contributed by atoms with van der Waals surface area (Å²) in [6.45, 7) is 5.43. The molecule has 0 bridgehead atoms. The van der Waals surface area contributed by atoms with Crippen LogP contribution in [0.2, 0.25) is 0 Å². The number of rotatable bonds is 13. The summed E-state index contributed by atoms with van der Waals surface area (Å²) < 4.78 is 9.83. The summed E-state index contributed by atoms with van der Waals surface area (Å²) in [5, 5.41) is 3.16. The van der Waals surface area contributed by atoms with Gasteiger partial charge >= 0.3 is 11.9 Å². The smallest absolute Gasteiger partial charge is 0.338 e. The summed E-state index contributed by atoms with van der Waals surface area (Å²) >= 11 is 5.85. The van der Waals surface area contributed by atoms with Crippen molar-refractivity contribution in [3.8, 4) is 0 Å². The average molecular weight is 671 g/mol. The lowest BCUT2D eigenvalue weighted by atomic mass is 9.90. The molecule has 0 radical (unpaired) electrons. The molecule has 0 spiro atoms. The Morgan fingerprint density at radius 2 is 1.52 bits per heavy atom. The summed E-state index contributed by atoms with van der Waals surface area (Å²) in [7, 11) is 1.31. The van der Waals surface area contributed by atoms with E-state index in [0.717, 1.165) is 45.3 Å². The van der Waals surface area contributed by atoms with Crippen molar-refractivity contribution in [3.05, 3.63) is 95.6 Å². The Bertz CT molecular complexity index is 1590. The molecular weight excluding hydrogens is 628 g/mol. The van der Waals surface area contributed by atoms with Gasteiger partial charge in [0.25, 0.3) is 5.91 Å². The highest BCUT2D eigenvalue weighted by molar-refractivity contribution is 7.80. The van der Waals surface area contributed by atoms with Gasteiger partial charge in [-0.25, -0.2) is 9.59 Å².